The van der Waals surface area contributed by atoms with Crippen molar-refractivity contribution in [1.82, 2.24) is 0 Å². The van der Waals surface area contributed by atoms with E-state index in [0.717, 1.165) is 30.2 Å². The third-order valence-corrected chi connectivity index (χ3v) is 6.74. The topological polar surface area (TPSA) is 40.5 Å². The molecule has 0 aliphatic heterocycles. The van der Waals surface area contributed by atoms with Crippen LogP contribution in [0.5, 0.6) is 0 Å². The Balaban J connectivity index is 1.56. The Kier molecular flexibility index (Phi) is 5.09. The number of thiophene rings is 2. The van der Waals surface area contributed by atoms with Gasteiger partial charge in [0, 0.05) is 19.3 Å². The first-order valence-corrected chi connectivity index (χ1v) is 10.0. The van der Waals surface area contributed by atoms with Crippen molar-refractivity contribution in [3.05, 3.63) is 84.9 Å². The van der Waals surface area contributed by atoms with Crippen LogP contribution in [0, 0.1) is 0 Å². The van der Waals surface area contributed by atoms with Crippen molar-refractivity contribution < 1.29 is 10.0 Å². The zero-order valence-electron chi connectivity index (χ0n) is 13.9. The van der Waals surface area contributed by atoms with Crippen LogP contribution in [0.15, 0.2) is 84.9 Å². The highest BCUT2D eigenvalue weighted by molar-refractivity contribution is 7.32. The summed E-state index contributed by atoms with van der Waals surface area (Å²) in [5, 5.41) is 21.1. The number of hydrogen-bond acceptors (Lipinski definition) is 4. The Bertz CT molecular complexity index is 901. The highest BCUT2D eigenvalue weighted by atomic mass is 32.1. The summed E-state index contributed by atoms with van der Waals surface area (Å²) in [7, 11) is 0. The zero-order valence-corrected chi connectivity index (χ0v) is 15.6. The molecular weight excluding hydrogens is 358 g/mol. The molecule has 2 nitrogen and oxygen atoms in total. The summed E-state index contributed by atoms with van der Waals surface area (Å²) in [5.41, 5.74) is 1.79. The van der Waals surface area contributed by atoms with Crippen molar-refractivity contribution in [3.8, 4) is 9.75 Å². The standard InChI is InChI=1S/C20H16B2O2S2/c23-21(15-7-3-1-4-8-15)19-13-11-17(25-19)18-12-14-20(26-18)22(24)16-9-5-2-6-10-16/h1-14,23-24H. The molecule has 4 aromatic rings. The van der Waals surface area contributed by atoms with Crippen LogP contribution >= 0.6 is 22.7 Å². The summed E-state index contributed by atoms with van der Waals surface area (Å²) in [5.74, 6) is 0. The lowest BCUT2D eigenvalue weighted by molar-refractivity contribution is 0.600. The van der Waals surface area contributed by atoms with Crippen molar-refractivity contribution in [2.75, 3.05) is 0 Å². The van der Waals surface area contributed by atoms with Gasteiger partial charge in [0.15, 0.2) is 0 Å². The molecule has 126 valence electrons. The Hall–Kier alpha value is -2.11. The van der Waals surface area contributed by atoms with Crippen molar-refractivity contribution in [3.63, 3.8) is 0 Å². The zero-order chi connectivity index (χ0) is 17.9. The fourth-order valence-electron chi connectivity index (χ4n) is 2.86. The number of benzene rings is 2. The maximum absolute atomic E-state index is 10.6. The van der Waals surface area contributed by atoms with Gasteiger partial charge in [0.2, 0.25) is 0 Å². The lowest BCUT2D eigenvalue weighted by Crippen LogP contribution is -2.40. The molecule has 6 heteroatoms. The fourth-order valence-corrected chi connectivity index (χ4v) is 5.00. The molecule has 2 aromatic heterocycles. The van der Waals surface area contributed by atoms with E-state index in [1.807, 2.05) is 84.9 Å². The van der Waals surface area contributed by atoms with Gasteiger partial charge in [-0.15, -0.1) is 22.7 Å². The van der Waals surface area contributed by atoms with E-state index in [1.54, 1.807) is 22.7 Å². The van der Waals surface area contributed by atoms with Crippen LogP contribution in [0.1, 0.15) is 0 Å². The molecular formula is C20H16B2O2S2. The number of hydrogen-bond donors (Lipinski definition) is 2. The summed E-state index contributed by atoms with van der Waals surface area (Å²) in [4.78, 5) is 2.21. The van der Waals surface area contributed by atoms with Crippen molar-refractivity contribution in [2.24, 2.45) is 0 Å². The summed E-state index contributed by atoms with van der Waals surface area (Å²) in [6, 6.07) is 27.4. The summed E-state index contributed by atoms with van der Waals surface area (Å²) < 4.78 is 1.84. The maximum Gasteiger partial charge on any atom is 0.369 e. The van der Waals surface area contributed by atoms with Gasteiger partial charge in [0.05, 0.1) is 0 Å². The molecule has 0 aliphatic carbocycles. The van der Waals surface area contributed by atoms with E-state index in [9.17, 15) is 10.0 Å². The van der Waals surface area contributed by atoms with Crippen LogP contribution in [-0.4, -0.2) is 23.9 Å². The van der Waals surface area contributed by atoms with Gasteiger partial charge in [-0.3, -0.25) is 0 Å². The molecule has 0 spiro atoms. The Morgan fingerprint density at radius 3 is 1.27 bits per heavy atom. The molecule has 4 rings (SSSR count). The molecule has 0 aliphatic rings. The molecule has 0 saturated heterocycles. The van der Waals surface area contributed by atoms with Crippen molar-refractivity contribution in [2.45, 2.75) is 0 Å². The molecule has 0 atom stereocenters. The number of rotatable bonds is 5. The van der Waals surface area contributed by atoms with Gasteiger partial charge in [-0.1, -0.05) is 72.8 Å². The predicted octanol–water partition coefficient (Wildman–Crippen LogP) is 1.67. The van der Waals surface area contributed by atoms with E-state index >= 15 is 0 Å². The van der Waals surface area contributed by atoms with Crippen molar-refractivity contribution in [1.29, 1.82) is 0 Å². The van der Waals surface area contributed by atoms with Gasteiger partial charge in [-0.05, 0) is 23.1 Å². The van der Waals surface area contributed by atoms with Crippen LogP contribution in [0.25, 0.3) is 9.75 Å². The van der Waals surface area contributed by atoms with Gasteiger partial charge in [0.25, 0.3) is 0 Å². The van der Waals surface area contributed by atoms with Crippen LogP contribution in [0.4, 0.5) is 0 Å². The van der Waals surface area contributed by atoms with Crippen LogP contribution < -0.4 is 20.5 Å². The van der Waals surface area contributed by atoms with Crippen LogP contribution in [0.2, 0.25) is 0 Å². The Labute approximate surface area is 161 Å². The molecule has 0 amide bonds. The van der Waals surface area contributed by atoms with E-state index in [4.69, 9.17) is 0 Å². The fraction of sp³-hybridized carbons (Fsp3) is 0. The first kappa shape index (κ1) is 17.3. The molecule has 0 bridgehead atoms. The highest BCUT2D eigenvalue weighted by Crippen LogP contribution is 2.27. The lowest BCUT2D eigenvalue weighted by Gasteiger charge is -2.03. The normalized spacial score (nSPS) is 10.7. The molecule has 0 radical (unpaired) electrons. The van der Waals surface area contributed by atoms with Crippen LogP contribution in [-0.2, 0) is 0 Å². The SMILES string of the molecule is OB(c1ccccc1)c1ccc(-c2ccc(B(O)c3ccccc3)s2)s1. The van der Waals surface area contributed by atoms with Gasteiger partial charge in [-0.2, -0.15) is 0 Å². The van der Waals surface area contributed by atoms with Gasteiger partial charge in [0.1, 0.15) is 0 Å². The summed E-state index contributed by atoms with van der Waals surface area (Å²) >= 11 is 3.18. The Morgan fingerprint density at radius 2 is 0.885 bits per heavy atom. The minimum Gasteiger partial charge on any atom is -0.442 e. The van der Waals surface area contributed by atoms with E-state index in [-0.39, 0.29) is 0 Å². The largest absolute Gasteiger partial charge is 0.442 e. The quantitative estimate of drug-likeness (QED) is 0.522. The molecule has 2 N–H and O–H groups in total. The highest BCUT2D eigenvalue weighted by Gasteiger charge is 2.22. The monoisotopic (exact) mass is 374 g/mol. The maximum atomic E-state index is 10.6. The summed E-state index contributed by atoms with van der Waals surface area (Å²) in [6.45, 7) is -1.21. The molecule has 0 unspecified atom stereocenters. The molecule has 2 aromatic carbocycles. The van der Waals surface area contributed by atoms with E-state index < -0.39 is 13.8 Å². The second kappa shape index (κ2) is 7.64. The lowest BCUT2D eigenvalue weighted by atomic mass is 9.60. The Morgan fingerprint density at radius 1 is 0.500 bits per heavy atom. The van der Waals surface area contributed by atoms with Crippen molar-refractivity contribution >= 4 is 57.0 Å². The van der Waals surface area contributed by atoms with Crippen LogP contribution in [0.3, 0.4) is 0 Å². The molecule has 26 heavy (non-hydrogen) atoms. The van der Waals surface area contributed by atoms with E-state index in [1.165, 1.54) is 0 Å². The second-order valence-corrected chi connectivity index (χ2v) is 8.26. The first-order valence-electron chi connectivity index (χ1n) is 8.38. The predicted molar refractivity (Wildman–Crippen MR) is 115 cm³/mol. The summed E-state index contributed by atoms with van der Waals surface area (Å²) in [6.07, 6.45) is 0. The van der Waals surface area contributed by atoms with E-state index in [2.05, 4.69) is 0 Å². The first-order chi connectivity index (χ1) is 12.7. The average Bonchev–Trinajstić information content (AvgIpc) is 3.38. The smallest absolute Gasteiger partial charge is 0.369 e. The third-order valence-electron chi connectivity index (χ3n) is 4.27. The third kappa shape index (κ3) is 3.55. The minimum atomic E-state index is -0.607. The molecule has 0 saturated carbocycles. The van der Waals surface area contributed by atoms with Gasteiger partial charge < -0.3 is 10.0 Å². The van der Waals surface area contributed by atoms with E-state index in [0.29, 0.717) is 0 Å². The molecule has 2 heterocycles. The van der Waals surface area contributed by atoms with Gasteiger partial charge in [-0.25, -0.2) is 0 Å². The second-order valence-electron chi connectivity index (χ2n) is 6.03. The average molecular weight is 374 g/mol. The minimum absolute atomic E-state index is 0.607. The molecule has 0 fully saturated rings. The van der Waals surface area contributed by atoms with Gasteiger partial charge >= 0.3 is 13.8 Å².